The number of ether oxygens (including phenoxy) is 1. The summed E-state index contributed by atoms with van der Waals surface area (Å²) in [6.07, 6.45) is 1.39. The third-order valence-corrected chi connectivity index (χ3v) is 5.71. The van der Waals surface area contributed by atoms with Gasteiger partial charge in [-0.1, -0.05) is 6.07 Å². The van der Waals surface area contributed by atoms with Crippen LogP contribution in [0.25, 0.3) is 11.0 Å². The first-order valence-electron chi connectivity index (χ1n) is 11.3. The summed E-state index contributed by atoms with van der Waals surface area (Å²) in [5, 5.41) is 9.44. The van der Waals surface area contributed by atoms with Gasteiger partial charge >= 0.3 is 0 Å². The number of aryl methyl sites for hydroxylation is 1. The van der Waals surface area contributed by atoms with Crippen LogP contribution in [0.1, 0.15) is 24.5 Å². The molecule has 1 atom stereocenters. The minimum absolute atomic E-state index is 0. The molecule has 0 unspecified atom stereocenters. The average molecular weight is 492 g/mol. The molecule has 188 valence electrons. The van der Waals surface area contributed by atoms with Crippen molar-refractivity contribution < 1.29 is 20.2 Å². The van der Waals surface area contributed by atoms with Gasteiger partial charge in [-0.15, -0.1) is 0 Å². The highest BCUT2D eigenvalue weighted by Gasteiger charge is 2.18. The molecule has 0 saturated carbocycles. The number of carbonyl (C=O) groups excluding carboxylic acids is 2. The first-order valence-corrected chi connectivity index (χ1v) is 11.3. The molecule has 3 N–H and O–H groups in total. The fraction of sp³-hybridized carbons (Fsp3) is 0.231. The molecule has 2 aromatic carbocycles. The summed E-state index contributed by atoms with van der Waals surface area (Å²) in [4.78, 5) is 34.8. The fourth-order valence-corrected chi connectivity index (χ4v) is 3.56. The molecule has 0 aliphatic carbocycles. The lowest BCUT2D eigenvalue weighted by Crippen LogP contribution is -2.37. The Kier molecular flexibility index (Phi) is 7.16. The number of hydrogen-bond acceptors (Lipinski definition) is 8. The summed E-state index contributed by atoms with van der Waals surface area (Å²) in [5.74, 6) is 1.57. The van der Waals surface area contributed by atoms with Crippen LogP contribution in [0.2, 0.25) is 0 Å². The number of aromatic nitrogens is 2. The molecule has 4 aromatic rings. The highest BCUT2D eigenvalue weighted by Crippen LogP contribution is 2.31. The Morgan fingerprint density at radius 3 is 2.61 bits per heavy atom. The van der Waals surface area contributed by atoms with Gasteiger partial charge in [0.25, 0.3) is 5.91 Å². The minimum atomic E-state index is -0.261. The second-order valence-electron chi connectivity index (χ2n) is 8.45. The number of rotatable bonds is 8. The first kappa shape index (κ1) is 24.7. The second kappa shape index (κ2) is 10.4. The zero-order valence-electron chi connectivity index (χ0n) is 20.7. The molecule has 10 heteroatoms. The van der Waals surface area contributed by atoms with Crippen LogP contribution >= 0.6 is 0 Å². The Bertz CT molecular complexity index is 1420. The molecule has 2 amide bonds. The Morgan fingerprint density at radius 2 is 1.86 bits per heavy atom. The standard InChI is InChI=1S/C26H28N6O4.H2/c1-15(32(4)5)25(33)31-18-8-6-7-17(11-18)30-22-13-23(29-14-28-22)36-19-9-10-20-21(12-19)35-16(2)24(20)26(34)27-3;/h6-15H,1-5H3,(H,27,34)(H,31,33)(H,28,29,30);1H/t15-;/m1./s1/i;1+1. The molecule has 10 nitrogen and oxygen atoms in total. The quantitative estimate of drug-likeness (QED) is 0.328. The molecular weight excluding hydrogens is 460 g/mol. The van der Waals surface area contributed by atoms with Crippen molar-refractivity contribution in [2.75, 3.05) is 31.8 Å². The van der Waals surface area contributed by atoms with E-state index in [1.807, 2.05) is 50.2 Å². The number of likely N-dealkylation sites (N-methyl/N-ethyl adjacent to an activating group) is 1. The summed E-state index contributed by atoms with van der Waals surface area (Å²) < 4.78 is 11.7. The molecule has 4 rings (SSSR count). The lowest BCUT2D eigenvalue weighted by Gasteiger charge is -2.19. The van der Waals surface area contributed by atoms with E-state index in [1.165, 1.54) is 6.33 Å². The molecule has 2 heterocycles. The van der Waals surface area contributed by atoms with Gasteiger partial charge in [0.1, 0.15) is 29.2 Å². The summed E-state index contributed by atoms with van der Waals surface area (Å²) >= 11 is 0. The predicted molar refractivity (Wildman–Crippen MR) is 140 cm³/mol. The third kappa shape index (κ3) is 5.44. The van der Waals surface area contributed by atoms with Crippen molar-refractivity contribution in [1.29, 1.82) is 0 Å². The minimum Gasteiger partial charge on any atom is -0.460 e. The van der Waals surface area contributed by atoms with E-state index in [1.54, 1.807) is 38.2 Å². The van der Waals surface area contributed by atoms with Gasteiger partial charge in [0.05, 0.1) is 11.6 Å². The number of furan rings is 1. The Hall–Kier alpha value is -4.44. The number of carbonyl (C=O) groups is 2. The first-order chi connectivity index (χ1) is 17.2. The topological polar surface area (TPSA) is 122 Å². The largest absolute Gasteiger partial charge is 0.460 e. The van der Waals surface area contributed by atoms with Gasteiger partial charge in [-0.2, -0.15) is 0 Å². The number of hydrogen-bond donors (Lipinski definition) is 3. The molecule has 36 heavy (non-hydrogen) atoms. The maximum Gasteiger partial charge on any atom is 0.255 e. The van der Waals surface area contributed by atoms with Crippen LogP contribution in [0.5, 0.6) is 11.6 Å². The maximum absolute atomic E-state index is 12.4. The van der Waals surface area contributed by atoms with Gasteiger partial charge in [-0.05, 0) is 58.3 Å². The van der Waals surface area contributed by atoms with E-state index in [2.05, 4.69) is 25.9 Å². The Balaban J connectivity index is 0.00000380. The zero-order valence-corrected chi connectivity index (χ0v) is 20.7. The number of amides is 2. The van der Waals surface area contributed by atoms with Crippen LogP contribution in [-0.2, 0) is 4.79 Å². The van der Waals surface area contributed by atoms with Crippen LogP contribution in [-0.4, -0.2) is 53.9 Å². The van der Waals surface area contributed by atoms with E-state index in [4.69, 9.17) is 9.15 Å². The molecule has 2 aromatic heterocycles. The molecule has 0 spiro atoms. The molecule has 0 aliphatic heterocycles. The van der Waals surface area contributed by atoms with E-state index in [0.717, 1.165) is 5.69 Å². The van der Waals surface area contributed by atoms with Gasteiger partial charge in [0.15, 0.2) is 0 Å². The third-order valence-electron chi connectivity index (χ3n) is 5.71. The van der Waals surface area contributed by atoms with E-state index in [0.29, 0.717) is 45.4 Å². The second-order valence-corrected chi connectivity index (χ2v) is 8.45. The number of benzene rings is 2. The Labute approximate surface area is 210 Å². The lowest BCUT2D eigenvalue weighted by molar-refractivity contribution is -0.119. The monoisotopic (exact) mass is 491 g/mol. The summed E-state index contributed by atoms with van der Waals surface area (Å²) in [6.45, 7) is 3.59. The summed E-state index contributed by atoms with van der Waals surface area (Å²) in [6, 6.07) is 14.0. The van der Waals surface area contributed by atoms with Crippen LogP contribution in [0, 0.1) is 6.92 Å². The predicted octanol–water partition coefficient (Wildman–Crippen LogP) is 4.56. The smallest absolute Gasteiger partial charge is 0.255 e. The van der Waals surface area contributed by atoms with Crippen molar-refractivity contribution in [2.45, 2.75) is 19.9 Å². The fourth-order valence-electron chi connectivity index (χ4n) is 3.56. The molecule has 0 bridgehead atoms. The maximum atomic E-state index is 12.4. The molecular formula is C26H30N6O4. The van der Waals surface area contributed by atoms with E-state index in [9.17, 15) is 9.59 Å². The van der Waals surface area contributed by atoms with Crippen molar-refractivity contribution in [1.82, 2.24) is 20.2 Å². The van der Waals surface area contributed by atoms with Crippen molar-refractivity contribution in [2.24, 2.45) is 0 Å². The van der Waals surface area contributed by atoms with Gasteiger partial charge in [-0.25, -0.2) is 9.97 Å². The van der Waals surface area contributed by atoms with Crippen LogP contribution in [0.3, 0.4) is 0 Å². The Morgan fingerprint density at radius 1 is 1.08 bits per heavy atom. The van der Waals surface area contributed by atoms with Gasteiger partial charge in [-0.3, -0.25) is 14.5 Å². The van der Waals surface area contributed by atoms with Gasteiger partial charge < -0.3 is 25.1 Å². The number of nitrogens with one attached hydrogen (secondary N) is 3. The van der Waals surface area contributed by atoms with Crippen LogP contribution in [0.15, 0.2) is 59.3 Å². The number of fused-ring (bicyclic) bond motifs is 1. The van der Waals surface area contributed by atoms with E-state index < -0.39 is 0 Å². The van der Waals surface area contributed by atoms with Crippen LogP contribution < -0.4 is 20.7 Å². The van der Waals surface area contributed by atoms with Crippen molar-refractivity contribution in [3.63, 3.8) is 0 Å². The van der Waals surface area contributed by atoms with Crippen molar-refractivity contribution in [3.8, 4) is 11.6 Å². The number of anilines is 3. The van der Waals surface area contributed by atoms with Crippen molar-refractivity contribution in [3.05, 3.63) is 66.2 Å². The number of nitrogens with zero attached hydrogens (tertiary/aromatic N) is 3. The molecule has 0 fully saturated rings. The van der Waals surface area contributed by atoms with Crippen LogP contribution in [0.4, 0.5) is 17.2 Å². The average Bonchev–Trinajstić information content (AvgIpc) is 3.18. The molecule has 0 aliphatic rings. The highest BCUT2D eigenvalue weighted by molar-refractivity contribution is 6.07. The SMILES string of the molecule is CNC(=O)c1c(C)oc2cc(Oc3cc(Nc4cccc(NC(=O)[C@@H](C)N(C)C)c4)ncn3)ccc12.[2HH]. The summed E-state index contributed by atoms with van der Waals surface area (Å²) in [5.41, 5.74) is 2.45. The lowest BCUT2D eigenvalue weighted by atomic mass is 10.1. The van der Waals surface area contributed by atoms with Gasteiger partial charge in [0.2, 0.25) is 11.8 Å². The van der Waals surface area contributed by atoms with E-state index >= 15 is 0 Å². The van der Waals surface area contributed by atoms with E-state index in [-0.39, 0.29) is 19.3 Å². The zero-order chi connectivity index (χ0) is 25.8. The van der Waals surface area contributed by atoms with Crippen molar-refractivity contribution >= 4 is 40.0 Å². The molecule has 0 saturated heterocycles. The molecule has 0 radical (unpaired) electrons. The normalized spacial score (nSPS) is 11.8. The highest BCUT2D eigenvalue weighted by atomic mass is 16.5. The van der Waals surface area contributed by atoms with Gasteiger partial charge in [0, 0.05) is 37.4 Å². The summed E-state index contributed by atoms with van der Waals surface area (Å²) in [7, 11) is 5.29.